The monoisotopic (exact) mass is 60.0 g/mol. The first kappa shape index (κ1) is 3.02. The van der Waals surface area contributed by atoms with E-state index in [1.165, 1.54) is 0 Å². The van der Waals surface area contributed by atoms with Crippen molar-refractivity contribution in [1.29, 1.82) is 0 Å². The highest BCUT2D eigenvalue weighted by molar-refractivity contribution is 4.69. The summed E-state index contributed by atoms with van der Waals surface area (Å²) in [4.78, 5) is 0. The highest BCUT2D eigenvalue weighted by atomic mass is 16.5. The minimum absolute atomic E-state index is 1.56. The van der Waals surface area contributed by atoms with E-state index in [0.29, 0.717) is 0 Å². The Morgan fingerprint density at radius 2 is 1.25 bits per heavy atom. The molecule has 0 spiro atoms. The van der Waals surface area contributed by atoms with E-state index in [1.807, 2.05) is 0 Å². The standard InChI is InChI=1S/N2O2/c3-1-2-4. The van der Waals surface area contributed by atoms with Crippen LogP contribution in [0, 0.1) is 10.4 Å². The van der Waals surface area contributed by atoms with Gasteiger partial charge in [-0.05, 0) is 0 Å². The Morgan fingerprint density at radius 3 is 1.25 bits per heavy atom. The zero-order valence-electron chi connectivity index (χ0n) is 1.71. The van der Waals surface area contributed by atoms with Gasteiger partial charge in [-0.3, -0.25) is 0 Å². The largest absolute Gasteiger partial charge is 0.427 e. The van der Waals surface area contributed by atoms with E-state index >= 15 is 0 Å². The molecule has 4 heteroatoms. The van der Waals surface area contributed by atoms with Gasteiger partial charge in [0.25, 0.3) is 0 Å². The lowest BCUT2D eigenvalue weighted by molar-refractivity contribution is 2.03. The first-order valence-corrected chi connectivity index (χ1v) is 0.565. The first-order chi connectivity index (χ1) is 1.91. The van der Waals surface area contributed by atoms with Gasteiger partial charge in [0.1, 0.15) is 0 Å². The summed E-state index contributed by atoms with van der Waals surface area (Å²) in [6.45, 7) is 0. The molecule has 0 rings (SSSR count). The molecule has 4 nitrogen and oxygen atoms in total. The van der Waals surface area contributed by atoms with Crippen LogP contribution in [0.3, 0.4) is 0 Å². The normalized spacial score (nSPS) is 3.00. The second-order valence-corrected chi connectivity index (χ2v) is 0.163. The van der Waals surface area contributed by atoms with Crippen molar-refractivity contribution in [2.75, 3.05) is 0 Å². The Hall–Kier alpha value is -0.980. The van der Waals surface area contributed by atoms with Gasteiger partial charge in [-0.15, -0.1) is 0 Å². The predicted octanol–water partition coefficient (Wildman–Crippen LogP) is 0.644. The Labute approximate surface area is 22.0 Å². The Morgan fingerprint density at radius 1 is 1.00 bits per heavy atom. The van der Waals surface area contributed by atoms with E-state index in [2.05, 4.69) is 0 Å². The minimum atomic E-state index is 1.56. The number of diazo groups is 1. The molecule has 0 fully saturated rings. The highest BCUT2D eigenvalue weighted by Crippen LogP contribution is 1.53. The fourth-order valence-corrected chi connectivity index (χ4v) is 0. The topological polar surface area (TPSA) is 54.8 Å². The molecule has 0 bridgehead atoms. The van der Waals surface area contributed by atoms with Crippen molar-refractivity contribution in [1.82, 2.24) is 0 Å². The molecule has 0 aliphatic carbocycles. The fourth-order valence-electron chi connectivity index (χ4n) is 0. The number of hydrogen-bond donors (Lipinski definition) is 0. The summed E-state index contributed by atoms with van der Waals surface area (Å²) in [5.41, 5.74) is 0. The average molecular weight is 60.0 g/mol. The van der Waals surface area contributed by atoms with Crippen molar-refractivity contribution in [3.63, 3.8) is 0 Å². The van der Waals surface area contributed by atoms with Gasteiger partial charge >= 0.3 is 10.3 Å². The van der Waals surface area contributed by atoms with Crippen molar-refractivity contribution in [3.8, 4) is 0 Å². The molecular formula is N2O2. The molecular weight excluding hydrogens is 60.0 g/mol. The van der Waals surface area contributed by atoms with Crippen LogP contribution in [0.25, 0.3) is 10.3 Å². The summed E-state index contributed by atoms with van der Waals surface area (Å²) in [5, 5.41) is 20.0. The van der Waals surface area contributed by atoms with Crippen LogP contribution in [0.1, 0.15) is 0 Å². The van der Waals surface area contributed by atoms with Crippen molar-refractivity contribution in [3.05, 3.63) is 20.7 Å². The third kappa shape index (κ3) is 1.02. The summed E-state index contributed by atoms with van der Waals surface area (Å²) in [7, 11) is 0. The Bertz CT molecular complexity index is 40.8. The minimum Gasteiger partial charge on any atom is -0.427 e. The maximum absolute atomic E-state index is 8.44. The lowest BCUT2D eigenvalue weighted by Crippen LogP contribution is -1.14. The highest BCUT2D eigenvalue weighted by Gasteiger charge is 1.52. The fraction of sp³-hybridized carbons (Fsp3) is 0. The van der Waals surface area contributed by atoms with E-state index in [1.54, 1.807) is 10.3 Å². The van der Waals surface area contributed by atoms with Crippen LogP contribution in [0.15, 0.2) is 0 Å². The summed E-state index contributed by atoms with van der Waals surface area (Å²) in [6.07, 6.45) is 0. The van der Waals surface area contributed by atoms with Gasteiger partial charge in [0.05, 0.1) is 0 Å². The molecule has 0 aliphatic heterocycles. The van der Waals surface area contributed by atoms with Crippen LogP contribution in [0.5, 0.6) is 0 Å². The van der Waals surface area contributed by atoms with E-state index in [4.69, 9.17) is 10.4 Å². The third-order valence-corrected chi connectivity index (χ3v) is 0.0333. The van der Waals surface area contributed by atoms with Crippen LogP contribution < -0.4 is 0 Å². The van der Waals surface area contributed by atoms with Gasteiger partial charge < -0.3 is 10.4 Å². The molecule has 0 aromatic carbocycles. The molecule has 0 aromatic heterocycles. The van der Waals surface area contributed by atoms with Crippen LogP contribution in [0.2, 0.25) is 0 Å². The third-order valence-electron chi connectivity index (χ3n) is 0.0333. The maximum Gasteiger partial charge on any atom is 0.427 e. The summed E-state index contributed by atoms with van der Waals surface area (Å²) < 4.78 is 0. The molecule has 0 radical (unpaired) electrons. The quantitative estimate of drug-likeness (QED) is 0.304. The summed E-state index contributed by atoms with van der Waals surface area (Å²) >= 11 is 0. The molecule has 4 heavy (non-hydrogen) atoms. The molecule has 0 unspecified atom stereocenters. The van der Waals surface area contributed by atoms with Crippen LogP contribution in [-0.2, 0) is 0 Å². The second-order valence-electron chi connectivity index (χ2n) is 0.163. The Kier molecular flexibility index (Phi) is 1.53. The zero-order valence-corrected chi connectivity index (χ0v) is 1.71. The van der Waals surface area contributed by atoms with E-state index in [-0.39, 0.29) is 0 Å². The van der Waals surface area contributed by atoms with Crippen molar-refractivity contribution < 1.29 is 0 Å². The average Bonchev–Trinajstić information content (AvgIpc) is 1.37. The first-order valence-electron chi connectivity index (χ1n) is 0.565. The van der Waals surface area contributed by atoms with Crippen molar-refractivity contribution >= 4 is 0 Å². The molecule has 22 valence electrons. The van der Waals surface area contributed by atoms with E-state index in [0.717, 1.165) is 0 Å². The van der Waals surface area contributed by atoms with Gasteiger partial charge in [0.2, 0.25) is 0 Å². The van der Waals surface area contributed by atoms with E-state index < -0.39 is 0 Å². The van der Waals surface area contributed by atoms with Crippen LogP contribution in [0.4, 0.5) is 0 Å². The second kappa shape index (κ2) is 2.02. The SMILES string of the molecule is [O-][N+]#[N+][O-]. The van der Waals surface area contributed by atoms with E-state index in [9.17, 15) is 0 Å². The van der Waals surface area contributed by atoms with Gasteiger partial charge in [-0.2, -0.15) is 0 Å². The number of hydrogen-bond acceptors (Lipinski definition) is 2. The lowest BCUT2D eigenvalue weighted by Gasteiger charge is -1.30. The van der Waals surface area contributed by atoms with Gasteiger partial charge in [0, 0.05) is 0 Å². The lowest BCUT2D eigenvalue weighted by atomic mass is 13.1. The van der Waals surface area contributed by atoms with Gasteiger partial charge in [0.15, 0.2) is 0 Å². The molecule has 0 aliphatic rings. The number of rotatable bonds is 0. The summed E-state index contributed by atoms with van der Waals surface area (Å²) in [5.74, 6) is 0. The molecule has 0 amide bonds. The van der Waals surface area contributed by atoms with Crippen LogP contribution in [-0.4, -0.2) is 0 Å². The predicted molar refractivity (Wildman–Crippen MR) is 13.5 cm³/mol. The Balaban J connectivity index is 2.83. The molecule has 0 heterocycles. The molecule has 0 atom stereocenters. The smallest absolute Gasteiger partial charge is 0.427 e. The molecule has 0 saturated carbocycles. The van der Waals surface area contributed by atoms with Crippen molar-refractivity contribution in [2.24, 2.45) is 0 Å². The van der Waals surface area contributed by atoms with Crippen LogP contribution >= 0.6 is 0 Å². The maximum atomic E-state index is 8.44. The van der Waals surface area contributed by atoms with Gasteiger partial charge in [-0.1, -0.05) is 0 Å². The summed E-state index contributed by atoms with van der Waals surface area (Å²) in [6, 6.07) is 0. The molecule has 0 aromatic rings. The number of nitrogens with zero attached hydrogens (tertiary/aromatic N) is 2. The molecule has 0 saturated heterocycles. The molecule has 0 N–H and O–H groups in total. The zero-order chi connectivity index (χ0) is 3.41. The van der Waals surface area contributed by atoms with Gasteiger partial charge in [-0.25, -0.2) is 0 Å². The van der Waals surface area contributed by atoms with Crippen molar-refractivity contribution in [2.45, 2.75) is 0 Å².